The number of ether oxygens (including phenoxy) is 8. The van der Waals surface area contributed by atoms with Gasteiger partial charge in [0.2, 0.25) is 0 Å². The van der Waals surface area contributed by atoms with Crippen LogP contribution in [0.25, 0.3) is 0 Å². The van der Waals surface area contributed by atoms with E-state index in [2.05, 4.69) is 45.0 Å². The van der Waals surface area contributed by atoms with Gasteiger partial charge in [0.1, 0.15) is 24.4 Å². The van der Waals surface area contributed by atoms with Crippen molar-refractivity contribution in [2.45, 2.75) is 165 Å². The molecule has 1 N–H and O–H groups in total. The first kappa shape index (κ1) is 40.5. The predicted molar refractivity (Wildman–Crippen MR) is 198 cm³/mol. The highest BCUT2D eigenvalue weighted by atomic mass is 16.7. The lowest BCUT2D eigenvalue weighted by Gasteiger charge is -2.43. The van der Waals surface area contributed by atoms with Crippen molar-refractivity contribution in [2.75, 3.05) is 28.3 Å². The number of Topliss-reactive ketones (excluding diaryl/α,β-unsaturated/α-hetero) is 1. The molecular formula is C42H65NO11. The first-order chi connectivity index (χ1) is 25.9. The molecule has 0 spiro atoms. The number of ketones is 1. The molecule has 7 rings (SSSR count). The lowest BCUT2D eigenvalue weighted by atomic mass is 9.66. The molecule has 0 aromatic carbocycles. The molecule has 7 aliphatic rings. The van der Waals surface area contributed by atoms with Gasteiger partial charge in [-0.25, -0.2) is 0 Å². The number of methoxy groups -OCH3 is 2. The molecule has 0 amide bonds. The number of hydrogen-bond acceptors (Lipinski definition) is 12. The number of esters is 1. The molecular weight excluding hydrogens is 694 g/mol. The minimum Gasteiger partial charge on any atom is -0.458 e. The van der Waals surface area contributed by atoms with Crippen molar-refractivity contribution in [1.29, 1.82) is 0 Å². The van der Waals surface area contributed by atoms with Crippen LogP contribution in [-0.4, -0.2) is 130 Å². The maximum Gasteiger partial charge on any atom is 0.307 e. The molecule has 12 heteroatoms. The van der Waals surface area contributed by atoms with E-state index in [1.165, 1.54) is 0 Å². The van der Waals surface area contributed by atoms with E-state index in [-0.39, 0.29) is 90.7 Å². The number of rotatable bonds is 9. The fourth-order valence-corrected chi connectivity index (χ4v) is 11.0. The highest BCUT2D eigenvalue weighted by Gasteiger charge is 2.66. The Morgan fingerprint density at radius 1 is 0.907 bits per heavy atom. The van der Waals surface area contributed by atoms with E-state index in [1.807, 2.05) is 19.9 Å². The summed E-state index contributed by atoms with van der Waals surface area (Å²) in [4.78, 5) is 30.7. The van der Waals surface area contributed by atoms with E-state index in [1.54, 1.807) is 14.2 Å². The van der Waals surface area contributed by atoms with Gasteiger partial charge in [-0.1, -0.05) is 26.0 Å². The zero-order valence-corrected chi connectivity index (χ0v) is 33.5. The minimum absolute atomic E-state index is 0.0110. The van der Waals surface area contributed by atoms with Crippen LogP contribution in [0, 0.1) is 35.5 Å². The monoisotopic (exact) mass is 759 g/mol. The molecule has 4 aliphatic heterocycles. The number of nitrogens with zero attached hydrogens (tertiary/aromatic N) is 1. The normalized spacial score (nSPS) is 48.3. The maximum atomic E-state index is 14.8. The molecule has 0 radical (unpaired) electrons. The van der Waals surface area contributed by atoms with Gasteiger partial charge in [0.15, 0.2) is 18.4 Å². The fraction of sp³-hybridized carbons (Fsp3) is 0.857. The van der Waals surface area contributed by atoms with Crippen molar-refractivity contribution in [3.05, 3.63) is 23.8 Å². The molecule has 6 fully saturated rings. The highest BCUT2D eigenvalue weighted by molar-refractivity contribution is 5.99. The van der Waals surface area contributed by atoms with Gasteiger partial charge in [0.25, 0.3) is 0 Å². The standard InChI is InChI=1S/C42H65NO11/c1-9-10-12-24-13-11-14-32(53-34-16-15-31(43(5)6)22(3)49-34)21(2)36(45)29-19-27-26-17-25(52-42-41(48-8)40(47-7)37(46)23(4)50-42)18-30(26)38-39(54-38)35(27)28(29)20-33(44)51-24/h10,12,19,21-28,30-32,34-35,37-42,46H,9,11,13-18,20H2,1-8H3/b12-10+/t21-,22-,23+,24+,25+,26?,27?,28?,30?,31+,32+,34?,35?,37+,38?,39?,40-,41-,42+/m1/s1. The Kier molecular flexibility index (Phi) is 12.7. The molecule has 4 heterocycles. The molecule has 12 nitrogen and oxygen atoms in total. The summed E-state index contributed by atoms with van der Waals surface area (Å²) < 4.78 is 49.9. The van der Waals surface area contributed by atoms with Crippen LogP contribution in [-0.2, 0) is 47.5 Å². The number of epoxide rings is 1. The number of fused-ring (bicyclic) bond motifs is 8. The zero-order valence-electron chi connectivity index (χ0n) is 33.5. The van der Waals surface area contributed by atoms with Crippen molar-refractivity contribution >= 4 is 11.8 Å². The van der Waals surface area contributed by atoms with Crippen molar-refractivity contribution < 1.29 is 52.6 Å². The summed E-state index contributed by atoms with van der Waals surface area (Å²) in [5.74, 6) is -0.336. The van der Waals surface area contributed by atoms with Gasteiger partial charge in [0.05, 0.1) is 43.0 Å². The van der Waals surface area contributed by atoms with Crippen molar-refractivity contribution in [3.63, 3.8) is 0 Å². The molecule has 0 aromatic rings. The van der Waals surface area contributed by atoms with E-state index in [0.717, 1.165) is 44.1 Å². The number of allylic oxidation sites excluding steroid dienone is 3. The van der Waals surface area contributed by atoms with Gasteiger partial charge in [-0.2, -0.15) is 0 Å². The molecule has 0 aromatic heterocycles. The topological polar surface area (TPSA) is 135 Å². The SMILES string of the molecule is CC/C=C/[C@H]1CCC[C@H](OC2CC[C@H](N(C)C)[C@@H](C)O2)[C@@H](C)C(=O)C2=CC3C4C[C@H](O[C@@H]5O[C@@H](C)[C@H](O)[C@@H](OC)[C@H]5OC)CC4C4OC4C3C2CC(=O)O1. The Labute approximate surface area is 321 Å². The number of likely N-dealkylation sites (N-methyl/N-ethyl adjacent to an activating group) is 1. The number of aliphatic hydroxyl groups excluding tert-OH is 1. The van der Waals surface area contributed by atoms with Crippen LogP contribution >= 0.6 is 0 Å². The molecule has 3 aliphatic carbocycles. The molecule has 2 saturated carbocycles. The second kappa shape index (κ2) is 17.0. The Balaban J connectivity index is 1.13. The van der Waals surface area contributed by atoms with Crippen molar-refractivity contribution in [3.8, 4) is 0 Å². The molecule has 0 bridgehead atoms. The largest absolute Gasteiger partial charge is 0.458 e. The number of carbonyl (C=O) groups is 2. The second-order valence-corrected chi connectivity index (χ2v) is 17.3. The van der Waals surface area contributed by atoms with Gasteiger partial charge in [-0.3, -0.25) is 9.59 Å². The van der Waals surface area contributed by atoms with Gasteiger partial charge in [-0.15, -0.1) is 0 Å². The zero-order chi connectivity index (χ0) is 38.4. The fourth-order valence-electron chi connectivity index (χ4n) is 11.0. The lowest BCUT2D eigenvalue weighted by Crippen LogP contribution is -2.59. The summed E-state index contributed by atoms with van der Waals surface area (Å²) in [5, 5.41) is 10.7. The Bertz CT molecular complexity index is 1390. The van der Waals surface area contributed by atoms with Gasteiger partial charge in [-0.05, 0) is 109 Å². The predicted octanol–water partition coefficient (Wildman–Crippen LogP) is 4.60. The van der Waals surface area contributed by atoms with Crippen LogP contribution < -0.4 is 0 Å². The van der Waals surface area contributed by atoms with E-state index in [4.69, 9.17) is 37.9 Å². The van der Waals surface area contributed by atoms with Crippen LogP contribution in [0.1, 0.15) is 85.5 Å². The minimum atomic E-state index is -0.834. The third-order valence-electron chi connectivity index (χ3n) is 13.9. The third-order valence-corrected chi connectivity index (χ3v) is 13.9. The van der Waals surface area contributed by atoms with Crippen LogP contribution in [0.2, 0.25) is 0 Å². The Hall–Kier alpha value is -1.74. The Morgan fingerprint density at radius 3 is 2.37 bits per heavy atom. The molecule has 8 unspecified atom stereocenters. The lowest BCUT2D eigenvalue weighted by molar-refractivity contribution is -0.311. The summed E-state index contributed by atoms with van der Waals surface area (Å²) in [6.07, 6.45) is 8.43. The van der Waals surface area contributed by atoms with Gasteiger partial charge in [0, 0.05) is 38.0 Å². The number of hydrogen-bond donors (Lipinski definition) is 1. The summed E-state index contributed by atoms with van der Waals surface area (Å²) in [6.45, 7) is 7.99. The number of carbonyl (C=O) groups excluding carboxylic acids is 2. The van der Waals surface area contributed by atoms with Crippen LogP contribution in [0.4, 0.5) is 0 Å². The van der Waals surface area contributed by atoms with E-state index >= 15 is 0 Å². The second-order valence-electron chi connectivity index (χ2n) is 17.3. The van der Waals surface area contributed by atoms with E-state index in [0.29, 0.717) is 18.9 Å². The van der Waals surface area contributed by atoms with Crippen molar-refractivity contribution in [2.24, 2.45) is 35.5 Å². The Morgan fingerprint density at radius 2 is 1.67 bits per heavy atom. The summed E-state index contributed by atoms with van der Waals surface area (Å²) in [7, 11) is 7.31. The third kappa shape index (κ3) is 8.03. The average molecular weight is 760 g/mol. The number of cyclic esters (lactones) is 1. The summed E-state index contributed by atoms with van der Waals surface area (Å²) in [5.41, 5.74) is 0.731. The van der Waals surface area contributed by atoms with E-state index in [9.17, 15) is 14.7 Å². The molecule has 304 valence electrons. The highest BCUT2D eigenvalue weighted by Crippen LogP contribution is 2.63. The first-order valence-electron chi connectivity index (χ1n) is 20.7. The smallest absolute Gasteiger partial charge is 0.307 e. The average Bonchev–Trinajstić information content (AvgIpc) is 3.68. The van der Waals surface area contributed by atoms with Crippen molar-refractivity contribution in [1.82, 2.24) is 4.90 Å². The molecule has 54 heavy (non-hydrogen) atoms. The first-order valence-corrected chi connectivity index (χ1v) is 20.7. The van der Waals surface area contributed by atoms with Gasteiger partial charge >= 0.3 is 5.97 Å². The number of aliphatic hydroxyl groups is 1. The van der Waals surface area contributed by atoms with Crippen LogP contribution in [0.3, 0.4) is 0 Å². The van der Waals surface area contributed by atoms with Gasteiger partial charge < -0.3 is 47.9 Å². The summed E-state index contributed by atoms with van der Waals surface area (Å²) >= 11 is 0. The molecule has 4 saturated heterocycles. The van der Waals surface area contributed by atoms with Crippen LogP contribution in [0.15, 0.2) is 23.8 Å². The summed E-state index contributed by atoms with van der Waals surface area (Å²) in [6, 6.07) is 0.321. The van der Waals surface area contributed by atoms with E-state index < -0.39 is 36.6 Å². The van der Waals surface area contributed by atoms with Crippen LogP contribution in [0.5, 0.6) is 0 Å². The quantitative estimate of drug-likeness (QED) is 0.200. The maximum absolute atomic E-state index is 14.8. The molecule has 19 atom stereocenters.